The van der Waals surface area contributed by atoms with Crippen molar-refractivity contribution in [1.29, 1.82) is 0 Å². The van der Waals surface area contributed by atoms with Gasteiger partial charge < -0.3 is 19.3 Å². The topological polar surface area (TPSA) is 116 Å². The number of ether oxygens (including phenoxy) is 2. The maximum Gasteiger partial charge on any atom is 0.286 e. The van der Waals surface area contributed by atoms with Crippen LogP contribution < -0.4 is 14.8 Å². The fourth-order valence-electron chi connectivity index (χ4n) is 2.76. The van der Waals surface area contributed by atoms with Gasteiger partial charge in [-0.15, -0.1) is 0 Å². The van der Waals surface area contributed by atoms with Gasteiger partial charge in [-0.05, 0) is 7.05 Å². The average molecular weight is 349 g/mol. The molecule has 0 spiro atoms. The first-order valence-corrected chi connectivity index (χ1v) is 7.70. The normalized spacial score (nSPS) is 18.1. The van der Waals surface area contributed by atoms with Crippen LogP contribution in [0.25, 0.3) is 11.5 Å². The van der Waals surface area contributed by atoms with Gasteiger partial charge in [0.15, 0.2) is 17.3 Å². The molecule has 1 aromatic carbocycles. The number of methoxy groups -OCH3 is 2. The molecular formula is C15H19N5O5. The number of rotatable bonds is 5. The molecule has 1 aromatic heterocycles. The summed E-state index contributed by atoms with van der Waals surface area (Å²) in [5.41, 5.74) is -0.00389. The van der Waals surface area contributed by atoms with Gasteiger partial charge in [-0.25, -0.2) is 0 Å². The quantitative estimate of drug-likeness (QED) is 0.628. The van der Waals surface area contributed by atoms with Crippen LogP contribution in [0.3, 0.4) is 0 Å². The number of piperazine rings is 1. The van der Waals surface area contributed by atoms with E-state index in [-0.39, 0.29) is 28.9 Å². The Morgan fingerprint density at radius 1 is 1.36 bits per heavy atom. The van der Waals surface area contributed by atoms with Crippen LogP contribution in [0.5, 0.6) is 11.5 Å². The van der Waals surface area contributed by atoms with Crippen LogP contribution in [0.1, 0.15) is 11.9 Å². The monoisotopic (exact) mass is 349 g/mol. The van der Waals surface area contributed by atoms with Crippen LogP contribution in [-0.2, 0) is 0 Å². The van der Waals surface area contributed by atoms with Gasteiger partial charge in [0.1, 0.15) is 5.56 Å². The Kier molecular flexibility index (Phi) is 4.81. The maximum absolute atomic E-state index is 11.4. The van der Waals surface area contributed by atoms with Gasteiger partial charge in [0.25, 0.3) is 11.6 Å². The molecule has 10 nitrogen and oxygen atoms in total. The molecule has 0 bridgehead atoms. The Morgan fingerprint density at radius 2 is 2.08 bits per heavy atom. The largest absolute Gasteiger partial charge is 0.493 e. The molecule has 1 aliphatic heterocycles. The molecule has 3 rings (SSSR count). The first-order chi connectivity index (χ1) is 12.0. The molecule has 25 heavy (non-hydrogen) atoms. The fourth-order valence-corrected chi connectivity index (χ4v) is 2.76. The van der Waals surface area contributed by atoms with E-state index < -0.39 is 4.92 Å². The standard InChI is InChI=1S/C15H19N5O5/c1-19-5-4-16-8-11(19)14-17-15(25-18-14)9-6-12(23-2)13(24-3)7-10(9)20(21)22/h6-7,11,16H,4-5,8H2,1-3H3. The Labute approximate surface area is 143 Å². The molecule has 1 aliphatic rings. The van der Waals surface area contributed by atoms with Crippen molar-refractivity contribution in [3.8, 4) is 23.0 Å². The minimum absolute atomic E-state index is 0.0505. The van der Waals surface area contributed by atoms with Crippen LogP contribution in [-0.4, -0.2) is 60.9 Å². The van der Waals surface area contributed by atoms with Crippen molar-refractivity contribution in [2.75, 3.05) is 40.9 Å². The van der Waals surface area contributed by atoms with E-state index in [0.29, 0.717) is 18.1 Å². The van der Waals surface area contributed by atoms with Gasteiger partial charge in [-0.3, -0.25) is 15.0 Å². The minimum atomic E-state index is -0.518. The Hall–Kier alpha value is -2.72. The van der Waals surface area contributed by atoms with Crippen molar-refractivity contribution < 1.29 is 18.9 Å². The van der Waals surface area contributed by atoms with E-state index in [2.05, 4.69) is 20.4 Å². The molecule has 1 atom stereocenters. The lowest BCUT2D eigenvalue weighted by Gasteiger charge is -2.30. The molecule has 2 heterocycles. The van der Waals surface area contributed by atoms with Crippen LogP contribution in [0, 0.1) is 10.1 Å². The summed E-state index contributed by atoms with van der Waals surface area (Å²) in [4.78, 5) is 17.4. The minimum Gasteiger partial charge on any atom is -0.493 e. The number of nitro groups is 1. The van der Waals surface area contributed by atoms with E-state index in [1.807, 2.05) is 7.05 Å². The summed E-state index contributed by atoms with van der Waals surface area (Å²) in [6.07, 6.45) is 0. The lowest BCUT2D eigenvalue weighted by molar-refractivity contribution is -0.384. The van der Waals surface area contributed by atoms with E-state index in [1.165, 1.54) is 26.4 Å². The zero-order valence-electron chi connectivity index (χ0n) is 14.2. The van der Waals surface area contributed by atoms with Crippen molar-refractivity contribution in [2.45, 2.75) is 6.04 Å². The smallest absolute Gasteiger partial charge is 0.286 e. The third-order valence-corrected chi connectivity index (χ3v) is 4.18. The third-order valence-electron chi connectivity index (χ3n) is 4.18. The molecule has 0 saturated carbocycles. The SMILES string of the molecule is COc1cc(-c2nc(C3CNCCN3C)no2)c([N+](=O)[O-])cc1OC. The molecule has 1 fully saturated rings. The molecule has 2 aromatic rings. The predicted molar refractivity (Wildman–Crippen MR) is 87.7 cm³/mol. The summed E-state index contributed by atoms with van der Waals surface area (Å²) in [6.45, 7) is 2.42. The van der Waals surface area contributed by atoms with E-state index in [9.17, 15) is 10.1 Å². The highest BCUT2D eigenvalue weighted by Crippen LogP contribution is 2.39. The molecule has 10 heteroatoms. The Bertz CT molecular complexity index is 778. The second-order valence-electron chi connectivity index (χ2n) is 5.64. The number of hydrogen-bond donors (Lipinski definition) is 1. The summed E-state index contributed by atoms with van der Waals surface area (Å²) in [7, 11) is 4.84. The van der Waals surface area contributed by atoms with E-state index in [0.717, 1.165) is 13.1 Å². The first-order valence-electron chi connectivity index (χ1n) is 7.70. The lowest BCUT2D eigenvalue weighted by atomic mass is 10.1. The van der Waals surface area contributed by atoms with Crippen LogP contribution in [0.15, 0.2) is 16.7 Å². The van der Waals surface area contributed by atoms with Crippen LogP contribution >= 0.6 is 0 Å². The van der Waals surface area contributed by atoms with Gasteiger partial charge in [-0.2, -0.15) is 4.98 Å². The zero-order chi connectivity index (χ0) is 18.0. The van der Waals surface area contributed by atoms with Crippen LogP contribution in [0.4, 0.5) is 5.69 Å². The van der Waals surface area contributed by atoms with Gasteiger partial charge in [0, 0.05) is 25.7 Å². The van der Waals surface area contributed by atoms with Gasteiger partial charge >= 0.3 is 0 Å². The zero-order valence-corrected chi connectivity index (χ0v) is 14.2. The molecule has 1 N–H and O–H groups in total. The summed E-state index contributed by atoms with van der Waals surface area (Å²) in [6, 6.07) is 2.70. The molecule has 0 amide bonds. The van der Waals surface area contributed by atoms with Crippen molar-refractivity contribution in [3.05, 3.63) is 28.1 Å². The van der Waals surface area contributed by atoms with E-state index >= 15 is 0 Å². The summed E-state index contributed by atoms with van der Waals surface area (Å²) in [5, 5.41) is 18.7. The highest BCUT2D eigenvalue weighted by molar-refractivity contribution is 5.72. The Morgan fingerprint density at radius 3 is 2.72 bits per heavy atom. The van der Waals surface area contributed by atoms with Gasteiger partial charge in [-0.1, -0.05) is 5.16 Å². The van der Waals surface area contributed by atoms with E-state index in [4.69, 9.17) is 14.0 Å². The molecule has 1 saturated heterocycles. The number of hydrogen-bond acceptors (Lipinski definition) is 9. The van der Waals surface area contributed by atoms with Gasteiger partial charge in [0.05, 0.1) is 31.3 Å². The number of benzene rings is 1. The molecule has 0 aliphatic carbocycles. The second kappa shape index (κ2) is 7.03. The first kappa shape index (κ1) is 17.1. The summed E-state index contributed by atoms with van der Waals surface area (Å²) in [5.74, 6) is 1.16. The number of nitrogens with one attached hydrogen (secondary N) is 1. The number of aromatic nitrogens is 2. The highest BCUT2D eigenvalue weighted by Gasteiger charge is 2.29. The molecule has 1 unspecified atom stereocenters. The molecule has 0 radical (unpaired) electrons. The predicted octanol–water partition coefficient (Wildman–Crippen LogP) is 1.24. The van der Waals surface area contributed by atoms with Crippen molar-refractivity contribution in [2.24, 2.45) is 0 Å². The number of nitro benzene ring substituents is 1. The fraction of sp³-hybridized carbons (Fsp3) is 0.467. The number of nitrogens with zero attached hydrogens (tertiary/aromatic N) is 4. The average Bonchev–Trinajstić information content (AvgIpc) is 3.10. The maximum atomic E-state index is 11.4. The van der Waals surface area contributed by atoms with Crippen molar-refractivity contribution >= 4 is 5.69 Å². The molecular weight excluding hydrogens is 330 g/mol. The van der Waals surface area contributed by atoms with Crippen LogP contribution in [0.2, 0.25) is 0 Å². The third kappa shape index (κ3) is 3.26. The van der Waals surface area contributed by atoms with Crippen molar-refractivity contribution in [1.82, 2.24) is 20.4 Å². The Balaban J connectivity index is 2.02. The second-order valence-corrected chi connectivity index (χ2v) is 5.64. The number of likely N-dealkylation sites (N-methyl/N-ethyl adjacent to an activating group) is 1. The van der Waals surface area contributed by atoms with E-state index in [1.54, 1.807) is 0 Å². The summed E-state index contributed by atoms with van der Waals surface area (Å²) < 4.78 is 15.6. The van der Waals surface area contributed by atoms with Crippen molar-refractivity contribution in [3.63, 3.8) is 0 Å². The van der Waals surface area contributed by atoms with Gasteiger partial charge in [0.2, 0.25) is 0 Å². The lowest BCUT2D eigenvalue weighted by Crippen LogP contribution is -2.44. The summed E-state index contributed by atoms with van der Waals surface area (Å²) >= 11 is 0. The highest BCUT2D eigenvalue weighted by atomic mass is 16.6. The molecule has 134 valence electrons.